The molecule has 3 aromatic heterocycles. The van der Waals surface area contributed by atoms with Crippen LogP contribution in [0.4, 0.5) is 11.4 Å². The van der Waals surface area contributed by atoms with Crippen LogP contribution in [0.25, 0.3) is 62.3 Å². The largest absolute Gasteiger partial charge is 0.456 e. The molecule has 0 saturated heterocycles. The summed E-state index contributed by atoms with van der Waals surface area (Å²) >= 11 is 0. The van der Waals surface area contributed by atoms with Gasteiger partial charge in [-0.3, -0.25) is 4.98 Å². The van der Waals surface area contributed by atoms with Gasteiger partial charge in [0.25, 0.3) is 0 Å². The number of hydrogen-bond donors (Lipinski definition) is 0. The van der Waals surface area contributed by atoms with Crippen molar-refractivity contribution in [3.05, 3.63) is 175 Å². The van der Waals surface area contributed by atoms with Crippen LogP contribution in [0.3, 0.4) is 0 Å². The van der Waals surface area contributed by atoms with Crippen molar-refractivity contribution in [3.63, 3.8) is 0 Å². The average molecular weight is 644 g/mol. The van der Waals surface area contributed by atoms with Crippen LogP contribution in [-0.4, -0.2) is 26.0 Å². The molecule has 0 saturated carbocycles. The standard InChI is InChI=1S/C44H29N5O/c1-4-12-29(13-5-1)42-46-43(30-14-6-2-7-15-30)48-44(47-42)33-20-22-36-40(38(33)28-24-26-45-27-25-28)41-37(50-36)23-21-35-39(41)32-18-10-11-19-34(32)49(35)31-16-8-3-9-17-31/h1-27,35,39H. The molecule has 6 nitrogen and oxygen atoms in total. The summed E-state index contributed by atoms with van der Waals surface area (Å²) in [5.41, 5.74) is 10.4. The van der Waals surface area contributed by atoms with Crippen molar-refractivity contribution >= 4 is 28.4 Å². The van der Waals surface area contributed by atoms with Gasteiger partial charge in [-0.15, -0.1) is 0 Å². The minimum atomic E-state index is 0.0432. The Bertz CT molecular complexity index is 2490. The van der Waals surface area contributed by atoms with Gasteiger partial charge < -0.3 is 9.32 Å². The average Bonchev–Trinajstić information content (AvgIpc) is 3.74. The predicted octanol–water partition coefficient (Wildman–Crippen LogP) is 10.4. The van der Waals surface area contributed by atoms with Crippen molar-refractivity contribution in [1.29, 1.82) is 0 Å². The first kappa shape index (κ1) is 28.4. The predicted molar refractivity (Wildman–Crippen MR) is 199 cm³/mol. The number of nitrogens with zero attached hydrogens (tertiary/aromatic N) is 5. The van der Waals surface area contributed by atoms with Crippen LogP contribution in [0.1, 0.15) is 22.8 Å². The molecule has 5 aromatic carbocycles. The minimum Gasteiger partial charge on any atom is -0.456 e. The van der Waals surface area contributed by atoms with Crippen molar-refractivity contribution in [2.75, 3.05) is 4.90 Å². The molecular formula is C44H29N5O. The van der Waals surface area contributed by atoms with Gasteiger partial charge in [-0.2, -0.15) is 0 Å². The lowest BCUT2D eigenvalue weighted by Crippen LogP contribution is -2.30. The molecule has 10 rings (SSSR count). The SMILES string of the molecule is C1=CC2C(c3ccccc3N2c2ccccc2)c2c1oc1ccc(-c3nc(-c4ccccc4)nc(-c4ccccc4)n3)c(-c3ccncc3)c21. The number of aromatic nitrogens is 4. The second-order valence-electron chi connectivity index (χ2n) is 12.6. The van der Waals surface area contributed by atoms with Crippen LogP contribution in [0.2, 0.25) is 0 Å². The number of furan rings is 1. The number of hydrogen-bond acceptors (Lipinski definition) is 6. The van der Waals surface area contributed by atoms with E-state index in [0.717, 1.165) is 50.2 Å². The molecule has 2 atom stereocenters. The molecule has 1 aliphatic carbocycles. The van der Waals surface area contributed by atoms with E-state index >= 15 is 0 Å². The summed E-state index contributed by atoms with van der Waals surface area (Å²) in [6.45, 7) is 0. The Morgan fingerprint density at radius 3 is 1.88 bits per heavy atom. The van der Waals surface area contributed by atoms with Crippen LogP contribution in [0, 0.1) is 0 Å². The Balaban J connectivity index is 1.25. The molecule has 0 N–H and O–H groups in total. The normalized spacial score (nSPS) is 15.9. The molecule has 236 valence electrons. The van der Waals surface area contributed by atoms with Crippen molar-refractivity contribution < 1.29 is 4.42 Å². The Labute approximate surface area is 289 Å². The third kappa shape index (κ3) is 4.49. The maximum atomic E-state index is 6.72. The van der Waals surface area contributed by atoms with Crippen LogP contribution in [0.15, 0.2) is 162 Å². The fourth-order valence-electron chi connectivity index (χ4n) is 7.67. The Morgan fingerprint density at radius 2 is 1.18 bits per heavy atom. The highest BCUT2D eigenvalue weighted by Gasteiger charge is 2.44. The molecule has 2 aliphatic rings. The highest BCUT2D eigenvalue weighted by Crippen LogP contribution is 2.55. The summed E-state index contributed by atoms with van der Waals surface area (Å²) in [5.74, 6) is 2.76. The maximum Gasteiger partial charge on any atom is 0.164 e. The summed E-state index contributed by atoms with van der Waals surface area (Å²) in [6, 6.07) is 47.9. The van der Waals surface area contributed by atoms with E-state index < -0.39 is 0 Å². The van der Waals surface area contributed by atoms with Crippen LogP contribution < -0.4 is 4.90 Å². The Kier molecular flexibility index (Phi) is 6.52. The Hall–Kier alpha value is -6.66. The molecule has 8 aromatic rings. The molecule has 0 radical (unpaired) electrons. The second-order valence-corrected chi connectivity index (χ2v) is 12.6. The van der Waals surface area contributed by atoms with Crippen LogP contribution in [0.5, 0.6) is 0 Å². The van der Waals surface area contributed by atoms with Gasteiger partial charge in [-0.25, -0.2) is 15.0 Å². The molecule has 2 unspecified atom stereocenters. The van der Waals surface area contributed by atoms with Gasteiger partial charge in [-0.05, 0) is 59.7 Å². The summed E-state index contributed by atoms with van der Waals surface area (Å²) in [7, 11) is 0. The van der Waals surface area contributed by atoms with Crippen molar-refractivity contribution in [2.45, 2.75) is 12.0 Å². The zero-order valence-electron chi connectivity index (χ0n) is 26.9. The van der Waals surface area contributed by atoms with Gasteiger partial charge in [0.15, 0.2) is 17.5 Å². The summed E-state index contributed by atoms with van der Waals surface area (Å²) in [5, 5.41) is 1.07. The van der Waals surface area contributed by atoms with Gasteiger partial charge in [-0.1, -0.05) is 103 Å². The molecule has 0 bridgehead atoms. The highest BCUT2D eigenvalue weighted by molar-refractivity contribution is 6.06. The third-order valence-corrected chi connectivity index (χ3v) is 9.79. The minimum absolute atomic E-state index is 0.0432. The molecule has 50 heavy (non-hydrogen) atoms. The zero-order valence-corrected chi connectivity index (χ0v) is 26.9. The first-order valence-corrected chi connectivity index (χ1v) is 16.8. The zero-order chi connectivity index (χ0) is 33.0. The summed E-state index contributed by atoms with van der Waals surface area (Å²) in [4.78, 5) is 22.1. The van der Waals surface area contributed by atoms with Gasteiger partial charge in [0.1, 0.15) is 11.3 Å². The molecule has 1 aliphatic heterocycles. The molecule has 0 spiro atoms. The second kappa shape index (κ2) is 11.5. The summed E-state index contributed by atoms with van der Waals surface area (Å²) in [6.07, 6.45) is 8.12. The van der Waals surface area contributed by atoms with E-state index in [-0.39, 0.29) is 12.0 Å². The van der Waals surface area contributed by atoms with Crippen molar-refractivity contribution in [1.82, 2.24) is 19.9 Å². The number of pyridine rings is 1. The van der Waals surface area contributed by atoms with E-state index in [1.165, 1.54) is 16.8 Å². The molecule has 4 heterocycles. The first-order chi connectivity index (χ1) is 24.8. The van der Waals surface area contributed by atoms with E-state index in [4.69, 9.17) is 19.4 Å². The van der Waals surface area contributed by atoms with Gasteiger partial charge >= 0.3 is 0 Å². The number of fused-ring (bicyclic) bond motifs is 7. The number of benzene rings is 5. The highest BCUT2D eigenvalue weighted by atomic mass is 16.3. The fourth-order valence-corrected chi connectivity index (χ4v) is 7.67. The smallest absolute Gasteiger partial charge is 0.164 e. The quantitative estimate of drug-likeness (QED) is 0.186. The van der Waals surface area contributed by atoms with Crippen LogP contribution >= 0.6 is 0 Å². The molecule has 0 fully saturated rings. The topological polar surface area (TPSA) is 67.9 Å². The molecular weight excluding hydrogens is 615 g/mol. The number of anilines is 2. The fraction of sp³-hybridized carbons (Fsp3) is 0.0455. The van der Waals surface area contributed by atoms with E-state index in [0.29, 0.717) is 17.5 Å². The van der Waals surface area contributed by atoms with Crippen molar-refractivity contribution in [2.24, 2.45) is 0 Å². The van der Waals surface area contributed by atoms with Crippen LogP contribution in [-0.2, 0) is 0 Å². The van der Waals surface area contributed by atoms with E-state index in [9.17, 15) is 0 Å². The van der Waals surface area contributed by atoms with Gasteiger partial charge in [0, 0.05) is 62.9 Å². The Morgan fingerprint density at radius 1 is 0.560 bits per heavy atom. The summed E-state index contributed by atoms with van der Waals surface area (Å²) < 4.78 is 6.72. The molecule has 6 heteroatoms. The third-order valence-electron chi connectivity index (χ3n) is 9.79. The van der Waals surface area contributed by atoms with E-state index in [1.807, 2.05) is 73.1 Å². The van der Waals surface area contributed by atoms with Gasteiger partial charge in [0.2, 0.25) is 0 Å². The number of para-hydroxylation sites is 2. The van der Waals surface area contributed by atoms with Gasteiger partial charge in [0.05, 0.1) is 6.04 Å². The maximum absolute atomic E-state index is 6.72. The van der Waals surface area contributed by atoms with E-state index in [1.54, 1.807) is 0 Å². The van der Waals surface area contributed by atoms with E-state index in [2.05, 4.69) is 101 Å². The lowest BCUT2D eigenvalue weighted by atomic mass is 9.80. The lowest BCUT2D eigenvalue weighted by Gasteiger charge is -2.30. The lowest BCUT2D eigenvalue weighted by molar-refractivity contribution is 0.584. The molecule has 0 amide bonds. The number of rotatable bonds is 5. The van der Waals surface area contributed by atoms with Crippen molar-refractivity contribution in [3.8, 4) is 45.3 Å². The first-order valence-electron chi connectivity index (χ1n) is 16.8. The monoisotopic (exact) mass is 643 g/mol.